The van der Waals surface area contributed by atoms with Gasteiger partial charge in [0.1, 0.15) is 0 Å². The zero-order chi connectivity index (χ0) is 12.0. The third kappa shape index (κ3) is 2.75. The van der Waals surface area contributed by atoms with Crippen molar-refractivity contribution in [2.45, 2.75) is 53.4 Å². The summed E-state index contributed by atoms with van der Waals surface area (Å²) in [6, 6.07) is 8.84. The van der Waals surface area contributed by atoms with Gasteiger partial charge in [-0.1, -0.05) is 57.5 Å². The van der Waals surface area contributed by atoms with E-state index in [0.717, 1.165) is 12.8 Å². The van der Waals surface area contributed by atoms with Crippen molar-refractivity contribution < 1.29 is 0 Å². The van der Waals surface area contributed by atoms with Crippen molar-refractivity contribution in [1.29, 1.82) is 0 Å². The van der Waals surface area contributed by atoms with Crippen LogP contribution in [0.25, 0.3) is 5.57 Å². The highest BCUT2D eigenvalue weighted by Crippen LogP contribution is 2.28. The van der Waals surface area contributed by atoms with E-state index in [9.17, 15) is 0 Å². The number of hydrogen-bond donors (Lipinski definition) is 0. The molecule has 0 heterocycles. The smallest absolute Gasteiger partial charge is 0.0193 e. The van der Waals surface area contributed by atoms with E-state index in [1.54, 1.807) is 11.1 Å². The lowest BCUT2D eigenvalue weighted by Gasteiger charge is -2.15. The Morgan fingerprint density at radius 2 is 1.50 bits per heavy atom. The van der Waals surface area contributed by atoms with Crippen molar-refractivity contribution >= 4 is 5.57 Å². The molecule has 0 aliphatic heterocycles. The van der Waals surface area contributed by atoms with Crippen LogP contribution in [0, 0.1) is 0 Å². The van der Waals surface area contributed by atoms with Crippen LogP contribution in [-0.4, -0.2) is 0 Å². The van der Waals surface area contributed by atoms with Gasteiger partial charge < -0.3 is 0 Å². The number of allylic oxidation sites excluding steroid dienone is 2. The highest BCUT2D eigenvalue weighted by Gasteiger charge is 2.08. The van der Waals surface area contributed by atoms with Gasteiger partial charge in [-0.05, 0) is 42.4 Å². The molecule has 1 rings (SSSR count). The monoisotopic (exact) mass is 216 g/mol. The fourth-order valence-corrected chi connectivity index (χ4v) is 2.43. The molecule has 1 aromatic carbocycles. The zero-order valence-electron chi connectivity index (χ0n) is 11.1. The lowest BCUT2D eigenvalue weighted by molar-refractivity contribution is 0.962. The molecule has 0 saturated carbocycles. The number of rotatable bonds is 5. The van der Waals surface area contributed by atoms with Crippen molar-refractivity contribution in [3.63, 3.8) is 0 Å². The second-order valence-corrected chi connectivity index (χ2v) is 4.15. The molecule has 0 radical (unpaired) electrons. The second-order valence-electron chi connectivity index (χ2n) is 4.15. The lowest BCUT2D eigenvalue weighted by atomic mass is 9.90. The Balaban J connectivity index is 3.27. The summed E-state index contributed by atoms with van der Waals surface area (Å²) in [5.41, 5.74) is 6.15. The molecule has 0 unspecified atom stereocenters. The van der Waals surface area contributed by atoms with Crippen LogP contribution in [0.5, 0.6) is 0 Å². The summed E-state index contributed by atoms with van der Waals surface area (Å²) in [6.45, 7) is 9.04. The van der Waals surface area contributed by atoms with E-state index < -0.39 is 0 Å². The molecule has 0 spiro atoms. The maximum atomic E-state index is 2.28. The molecule has 0 atom stereocenters. The third-order valence-corrected chi connectivity index (χ3v) is 3.36. The van der Waals surface area contributed by atoms with E-state index in [0.29, 0.717) is 0 Å². The Hall–Kier alpha value is -1.04. The molecular formula is C16H24. The van der Waals surface area contributed by atoms with Crippen LogP contribution < -0.4 is 0 Å². The van der Waals surface area contributed by atoms with Gasteiger partial charge in [0.25, 0.3) is 0 Å². The topological polar surface area (TPSA) is 0 Å². The largest absolute Gasteiger partial charge is 0.0670 e. The minimum atomic E-state index is 1.13. The predicted molar refractivity (Wildman–Crippen MR) is 73.6 cm³/mol. The highest BCUT2D eigenvalue weighted by atomic mass is 14.1. The molecule has 0 heteroatoms. The minimum absolute atomic E-state index is 1.13. The first-order valence-corrected chi connectivity index (χ1v) is 6.57. The molecule has 0 amide bonds. The Labute approximate surface area is 100 Å². The van der Waals surface area contributed by atoms with Crippen molar-refractivity contribution in [1.82, 2.24) is 0 Å². The van der Waals surface area contributed by atoms with Crippen LogP contribution in [0.1, 0.15) is 58.1 Å². The summed E-state index contributed by atoms with van der Waals surface area (Å²) in [6.07, 6.45) is 4.63. The van der Waals surface area contributed by atoms with E-state index in [1.165, 1.54) is 24.0 Å². The average Bonchev–Trinajstić information content (AvgIpc) is 2.35. The van der Waals surface area contributed by atoms with E-state index in [2.05, 4.69) is 52.0 Å². The molecule has 0 bridgehead atoms. The zero-order valence-corrected chi connectivity index (χ0v) is 11.1. The van der Waals surface area contributed by atoms with Crippen LogP contribution in [0.2, 0.25) is 0 Å². The molecule has 16 heavy (non-hydrogen) atoms. The molecule has 1 aromatic rings. The van der Waals surface area contributed by atoms with E-state index in [1.807, 2.05) is 0 Å². The molecule has 0 aliphatic rings. The van der Waals surface area contributed by atoms with Gasteiger partial charge in [-0.3, -0.25) is 0 Å². The fraction of sp³-hybridized carbons (Fsp3) is 0.500. The fourth-order valence-electron chi connectivity index (χ4n) is 2.43. The highest BCUT2D eigenvalue weighted by molar-refractivity contribution is 5.71. The van der Waals surface area contributed by atoms with Crippen LogP contribution in [0.4, 0.5) is 0 Å². The van der Waals surface area contributed by atoms with Gasteiger partial charge in [0.15, 0.2) is 0 Å². The number of benzene rings is 1. The SMILES string of the molecule is CCC(CC)=C(CC)c1ccccc1CC. The molecule has 88 valence electrons. The number of hydrogen-bond acceptors (Lipinski definition) is 0. The summed E-state index contributed by atoms with van der Waals surface area (Å²) in [5.74, 6) is 0. The van der Waals surface area contributed by atoms with Crippen molar-refractivity contribution in [3.8, 4) is 0 Å². The first-order valence-electron chi connectivity index (χ1n) is 6.57. The van der Waals surface area contributed by atoms with Crippen molar-refractivity contribution in [3.05, 3.63) is 41.0 Å². The van der Waals surface area contributed by atoms with Crippen molar-refractivity contribution in [2.24, 2.45) is 0 Å². The van der Waals surface area contributed by atoms with Gasteiger partial charge in [0.2, 0.25) is 0 Å². The normalized spacial score (nSPS) is 10.2. The molecule has 0 N–H and O–H groups in total. The van der Waals surface area contributed by atoms with E-state index >= 15 is 0 Å². The van der Waals surface area contributed by atoms with Gasteiger partial charge in [-0.2, -0.15) is 0 Å². The first-order chi connectivity index (χ1) is 7.78. The van der Waals surface area contributed by atoms with Crippen LogP contribution >= 0.6 is 0 Å². The summed E-state index contributed by atoms with van der Waals surface area (Å²) >= 11 is 0. The molecule has 0 fully saturated rings. The maximum absolute atomic E-state index is 2.28. The maximum Gasteiger partial charge on any atom is -0.0193 e. The Bertz CT molecular complexity index is 352. The van der Waals surface area contributed by atoms with Gasteiger partial charge >= 0.3 is 0 Å². The molecule has 0 nitrogen and oxygen atoms in total. The minimum Gasteiger partial charge on any atom is -0.0670 e. The molecular weight excluding hydrogens is 192 g/mol. The van der Waals surface area contributed by atoms with Crippen LogP contribution in [0.15, 0.2) is 29.8 Å². The Morgan fingerprint density at radius 3 is 2.00 bits per heavy atom. The predicted octanol–water partition coefficient (Wildman–Crippen LogP) is 5.23. The average molecular weight is 216 g/mol. The lowest BCUT2D eigenvalue weighted by Crippen LogP contribution is -1.95. The summed E-state index contributed by atoms with van der Waals surface area (Å²) in [4.78, 5) is 0. The quantitative estimate of drug-likeness (QED) is 0.632. The van der Waals surface area contributed by atoms with Crippen LogP contribution in [0.3, 0.4) is 0 Å². The second kappa shape index (κ2) is 6.52. The summed E-state index contributed by atoms with van der Waals surface area (Å²) in [7, 11) is 0. The standard InChI is InChI=1S/C16H24/c1-5-13(6-2)15(8-4)16-12-10-9-11-14(16)7-3/h9-12H,5-8H2,1-4H3. The van der Waals surface area contributed by atoms with Gasteiger partial charge in [0.05, 0.1) is 0 Å². The van der Waals surface area contributed by atoms with Gasteiger partial charge in [0, 0.05) is 0 Å². The molecule has 0 saturated heterocycles. The Kier molecular flexibility index (Phi) is 5.31. The first kappa shape index (κ1) is 13.0. The van der Waals surface area contributed by atoms with Gasteiger partial charge in [-0.25, -0.2) is 0 Å². The van der Waals surface area contributed by atoms with E-state index in [-0.39, 0.29) is 0 Å². The third-order valence-electron chi connectivity index (χ3n) is 3.36. The summed E-state index contributed by atoms with van der Waals surface area (Å²) in [5, 5.41) is 0. The molecule has 0 aliphatic carbocycles. The van der Waals surface area contributed by atoms with Gasteiger partial charge in [-0.15, -0.1) is 0 Å². The molecule has 0 aromatic heterocycles. The summed E-state index contributed by atoms with van der Waals surface area (Å²) < 4.78 is 0. The van der Waals surface area contributed by atoms with E-state index in [4.69, 9.17) is 0 Å². The van der Waals surface area contributed by atoms with Crippen molar-refractivity contribution in [2.75, 3.05) is 0 Å². The number of aryl methyl sites for hydroxylation is 1. The van der Waals surface area contributed by atoms with Crippen LogP contribution in [-0.2, 0) is 6.42 Å². The Morgan fingerprint density at radius 1 is 0.875 bits per heavy atom.